The van der Waals surface area contributed by atoms with E-state index in [2.05, 4.69) is 279 Å². The SMILES string of the molecule is c1ccc(-c2cc(-c3ccc4ccccc4c3)cc(-c3c4ccccc4c(-c4c5ccccc5c(-c5cc(-c6ccccc6)cc(-c6ccc7ccccc7c6)c5)c5ccccc45)c4ccccc34)c2)cc1. The molecule has 0 N–H and O–H groups in total. The highest BCUT2D eigenvalue weighted by atomic mass is 14.3. The van der Waals surface area contributed by atoms with Gasteiger partial charge in [0.25, 0.3) is 0 Å². The fourth-order valence-corrected chi connectivity index (χ4v) is 11.6. The Hall–Kier alpha value is -9.36. The van der Waals surface area contributed by atoms with Crippen LogP contribution in [0.2, 0.25) is 0 Å². The number of benzene rings is 14. The standard InChI is InChI=1S/C72H46/c1-3-19-47(20-4-1)55-41-57(53-37-35-49-23-7-9-25-51(49)39-53)45-59(43-55)69-61-27-11-15-31-65(61)71(66-32-16-12-28-62(66)69)72-67-33-17-13-29-63(67)70(64-30-14-18-34-68(64)72)60-44-56(48-21-5-2-6-22-48)42-58(46-60)54-38-36-50-24-8-10-26-52(50)40-54/h1-46H. The lowest BCUT2D eigenvalue weighted by Crippen LogP contribution is -1.95. The van der Waals surface area contributed by atoms with Crippen molar-refractivity contribution in [3.63, 3.8) is 0 Å². The maximum Gasteiger partial charge on any atom is -0.00139 e. The van der Waals surface area contributed by atoms with Gasteiger partial charge in [-0.25, -0.2) is 0 Å². The molecule has 0 aliphatic carbocycles. The van der Waals surface area contributed by atoms with Crippen molar-refractivity contribution in [2.24, 2.45) is 0 Å². The van der Waals surface area contributed by atoms with E-state index in [-0.39, 0.29) is 0 Å². The predicted octanol–water partition coefficient (Wildman–Crippen LogP) is 20.3. The van der Waals surface area contributed by atoms with Crippen LogP contribution in [0, 0.1) is 0 Å². The van der Waals surface area contributed by atoms with Gasteiger partial charge in [0.1, 0.15) is 0 Å². The Balaban J connectivity index is 1.04. The smallest absolute Gasteiger partial charge is 0.00139 e. The second-order valence-electron chi connectivity index (χ2n) is 19.1. The number of hydrogen-bond donors (Lipinski definition) is 0. The normalized spacial score (nSPS) is 11.6. The minimum atomic E-state index is 1.20. The van der Waals surface area contributed by atoms with Crippen molar-refractivity contribution < 1.29 is 0 Å². The zero-order valence-electron chi connectivity index (χ0n) is 39.6. The molecule has 0 aliphatic heterocycles. The van der Waals surface area contributed by atoms with E-state index in [9.17, 15) is 0 Å². The van der Waals surface area contributed by atoms with Gasteiger partial charge in [-0.1, -0.05) is 231 Å². The van der Waals surface area contributed by atoms with Gasteiger partial charge in [-0.3, -0.25) is 0 Å². The van der Waals surface area contributed by atoms with Crippen molar-refractivity contribution in [1.29, 1.82) is 0 Å². The third-order valence-corrected chi connectivity index (χ3v) is 14.9. The summed E-state index contributed by atoms with van der Waals surface area (Å²) in [6.45, 7) is 0. The molecule has 72 heavy (non-hydrogen) atoms. The van der Waals surface area contributed by atoms with Crippen LogP contribution < -0.4 is 0 Å². The van der Waals surface area contributed by atoms with Gasteiger partial charge in [-0.15, -0.1) is 0 Å². The van der Waals surface area contributed by atoms with Crippen LogP contribution in [0.4, 0.5) is 0 Å². The molecule has 0 heteroatoms. The summed E-state index contributed by atoms with van der Waals surface area (Å²) in [6.07, 6.45) is 0. The van der Waals surface area contributed by atoms with E-state index in [0.717, 1.165) is 0 Å². The van der Waals surface area contributed by atoms with Gasteiger partial charge in [0.2, 0.25) is 0 Å². The van der Waals surface area contributed by atoms with Crippen molar-refractivity contribution in [3.05, 3.63) is 279 Å². The summed E-state index contributed by atoms with van der Waals surface area (Å²) in [6, 6.07) is 104. The van der Waals surface area contributed by atoms with Gasteiger partial charge in [0.15, 0.2) is 0 Å². The molecular weight excluding hydrogens is 865 g/mol. The summed E-state index contributed by atoms with van der Waals surface area (Å²) in [5, 5.41) is 14.8. The lowest BCUT2D eigenvalue weighted by atomic mass is 9.80. The maximum absolute atomic E-state index is 2.42. The first-order valence-electron chi connectivity index (χ1n) is 25.0. The average molecular weight is 911 g/mol. The van der Waals surface area contributed by atoms with Crippen LogP contribution in [-0.4, -0.2) is 0 Å². The number of fused-ring (bicyclic) bond motifs is 6. The summed E-state index contributed by atoms with van der Waals surface area (Å²) >= 11 is 0. The van der Waals surface area contributed by atoms with Crippen molar-refractivity contribution in [1.82, 2.24) is 0 Å². The van der Waals surface area contributed by atoms with Crippen LogP contribution in [0.3, 0.4) is 0 Å². The van der Waals surface area contributed by atoms with Crippen molar-refractivity contribution in [2.45, 2.75) is 0 Å². The molecule has 14 rings (SSSR count). The minimum absolute atomic E-state index is 1.20. The number of hydrogen-bond acceptors (Lipinski definition) is 0. The fourth-order valence-electron chi connectivity index (χ4n) is 11.6. The largest absolute Gasteiger partial charge is 0.0622 e. The zero-order chi connectivity index (χ0) is 47.5. The fraction of sp³-hybridized carbons (Fsp3) is 0. The summed E-state index contributed by atoms with van der Waals surface area (Å²) < 4.78 is 0. The molecule has 0 bridgehead atoms. The molecular formula is C72H46. The maximum atomic E-state index is 2.42. The third-order valence-electron chi connectivity index (χ3n) is 14.9. The second kappa shape index (κ2) is 17.2. The van der Waals surface area contributed by atoms with Crippen molar-refractivity contribution >= 4 is 64.6 Å². The summed E-state index contributed by atoms with van der Waals surface area (Å²) in [5.74, 6) is 0. The Labute approximate surface area is 419 Å². The number of rotatable bonds is 7. The lowest BCUT2D eigenvalue weighted by molar-refractivity contribution is 1.59. The molecule has 0 spiro atoms. The quantitative estimate of drug-likeness (QED) is 0.140. The first-order chi connectivity index (χ1) is 35.7. The summed E-state index contributed by atoms with van der Waals surface area (Å²) in [4.78, 5) is 0. The Morgan fingerprint density at radius 3 is 0.708 bits per heavy atom. The van der Waals surface area contributed by atoms with Gasteiger partial charge >= 0.3 is 0 Å². The van der Waals surface area contributed by atoms with E-state index in [4.69, 9.17) is 0 Å². The van der Waals surface area contributed by atoms with E-state index in [0.29, 0.717) is 0 Å². The molecule has 0 nitrogen and oxygen atoms in total. The minimum Gasteiger partial charge on any atom is -0.0622 e. The third kappa shape index (κ3) is 7.07. The molecule has 0 saturated heterocycles. The second-order valence-corrected chi connectivity index (χ2v) is 19.1. The highest BCUT2D eigenvalue weighted by molar-refractivity contribution is 6.30. The molecule has 0 aliphatic rings. The molecule has 14 aromatic rings. The topological polar surface area (TPSA) is 0 Å². The van der Waals surface area contributed by atoms with E-state index in [1.54, 1.807) is 0 Å². The predicted molar refractivity (Wildman–Crippen MR) is 310 cm³/mol. The Kier molecular flexibility index (Phi) is 9.96. The highest BCUT2D eigenvalue weighted by Crippen LogP contribution is 2.51. The first kappa shape index (κ1) is 41.6. The molecule has 14 aromatic carbocycles. The van der Waals surface area contributed by atoms with E-state index < -0.39 is 0 Å². The molecule has 0 amide bonds. The summed E-state index contributed by atoms with van der Waals surface area (Å²) in [5.41, 5.74) is 17.0. The Bertz CT molecular complexity index is 4030. The van der Waals surface area contributed by atoms with Crippen LogP contribution in [-0.2, 0) is 0 Å². The van der Waals surface area contributed by atoms with Gasteiger partial charge in [-0.2, -0.15) is 0 Å². The van der Waals surface area contributed by atoms with Crippen molar-refractivity contribution in [3.8, 4) is 77.9 Å². The lowest BCUT2D eigenvalue weighted by Gasteiger charge is -2.23. The molecule has 0 unspecified atom stereocenters. The molecule has 0 radical (unpaired) electrons. The Morgan fingerprint density at radius 2 is 0.375 bits per heavy atom. The average Bonchev–Trinajstić information content (AvgIpc) is 3.46. The van der Waals surface area contributed by atoms with Crippen LogP contribution >= 0.6 is 0 Å². The van der Waals surface area contributed by atoms with Crippen molar-refractivity contribution in [2.75, 3.05) is 0 Å². The Morgan fingerprint density at radius 1 is 0.125 bits per heavy atom. The van der Waals surface area contributed by atoms with Gasteiger partial charge in [0.05, 0.1) is 0 Å². The van der Waals surface area contributed by atoms with Crippen LogP contribution in [0.15, 0.2) is 279 Å². The van der Waals surface area contributed by atoms with Gasteiger partial charge < -0.3 is 0 Å². The molecule has 0 heterocycles. The van der Waals surface area contributed by atoms with E-state index in [1.807, 2.05) is 0 Å². The monoisotopic (exact) mass is 910 g/mol. The molecule has 0 aromatic heterocycles. The first-order valence-corrected chi connectivity index (χ1v) is 25.0. The molecule has 0 fully saturated rings. The van der Waals surface area contributed by atoms with Crippen LogP contribution in [0.1, 0.15) is 0 Å². The zero-order valence-corrected chi connectivity index (χ0v) is 39.6. The van der Waals surface area contributed by atoms with Crippen LogP contribution in [0.25, 0.3) is 143 Å². The van der Waals surface area contributed by atoms with E-state index in [1.165, 1.54) is 143 Å². The molecule has 334 valence electrons. The molecule has 0 saturated carbocycles. The summed E-state index contributed by atoms with van der Waals surface area (Å²) in [7, 11) is 0. The highest BCUT2D eigenvalue weighted by Gasteiger charge is 2.24. The van der Waals surface area contributed by atoms with E-state index >= 15 is 0 Å². The van der Waals surface area contributed by atoms with Gasteiger partial charge in [-0.05, 0) is 191 Å². The van der Waals surface area contributed by atoms with Gasteiger partial charge in [0, 0.05) is 0 Å². The van der Waals surface area contributed by atoms with Crippen LogP contribution in [0.5, 0.6) is 0 Å². The molecule has 0 atom stereocenters.